The summed E-state index contributed by atoms with van der Waals surface area (Å²) in [7, 11) is 1.65. The number of nitrogens with zero attached hydrogens (tertiary/aromatic N) is 1. The van der Waals surface area contributed by atoms with E-state index in [0.29, 0.717) is 6.42 Å². The average Bonchev–Trinajstić information content (AvgIpc) is 2.42. The van der Waals surface area contributed by atoms with Crippen molar-refractivity contribution in [3.8, 4) is 0 Å². The zero-order valence-corrected chi connectivity index (χ0v) is 16.2. The molecule has 21 heavy (non-hydrogen) atoms. The van der Waals surface area contributed by atoms with Gasteiger partial charge in [-0.2, -0.15) is 0 Å². The molecule has 0 aliphatic rings. The molecule has 5 heteroatoms. The van der Waals surface area contributed by atoms with Crippen molar-refractivity contribution in [1.29, 1.82) is 0 Å². The van der Waals surface area contributed by atoms with E-state index < -0.39 is 5.97 Å². The van der Waals surface area contributed by atoms with E-state index >= 15 is 0 Å². The van der Waals surface area contributed by atoms with Gasteiger partial charge in [-0.15, -0.1) is 0 Å². The molecule has 0 heterocycles. The predicted molar refractivity (Wildman–Crippen MR) is 79.1 cm³/mol. The Morgan fingerprint density at radius 2 is 1.33 bits per heavy atom. The van der Waals surface area contributed by atoms with Crippen LogP contribution in [0.15, 0.2) is 0 Å². The van der Waals surface area contributed by atoms with Crippen LogP contribution in [0.4, 0.5) is 0 Å². The second-order valence-electron chi connectivity index (χ2n) is 5.52. The molecule has 0 aromatic heterocycles. The number of carbonyl (C=O) groups excluding carboxylic acids is 2. The zero-order chi connectivity index (χ0) is 15.2. The Bertz CT molecular complexity index is 272. The van der Waals surface area contributed by atoms with Crippen LogP contribution >= 0.6 is 0 Å². The Morgan fingerprint density at radius 1 is 0.857 bits per heavy atom. The van der Waals surface area contributed by atoms with Crippen molar-refractivity contribution in [1.82, 2.24) is 4.90 Å². The van der Waals surface area contributed by atoms with Crippen molar-refractivity contribution in [2.24, 2.45) is 0 Å². The Hall–Kier alpha value is -0.0600. The molecule has 0 rings (SSSR count). The monoisotopic (exact) mass is 307 g/mol. The first kappa shape index (κ1) is 23.2. The van der Waals surface area contributed by atoms with E-state index in [9.17, 15) is 14.7 Å². The minimum Gasteiger partial charge on any atom is -0.550 e. The van der Waals surface area contributed by atoms with Crippen LogP contribution in [0.25, 0.3) is 0 Å². The van der Waals surface area contributed by atoms with Crippen LogP contribution in [0.3, 0.4) is 0 Å². The van der Waals surface area contributed by atoms with Crippen LogP contribution in [-0.4, -0.2) is 30.4 Å². The molecule has 0 aliphatic carbocycles. The first-order valence-corrected chi connectivity index (χ1v) is 8.01. The standard InChI is InChI=1S/C16H31NO3.Na/c1-3-4-5-6-7-8-9-10-11-12-15(18)17(2)14-13-16(19)20;/h3-14H2,1-2H3,(H,19,20);/q;+1/p-1. The molecule has 0 atom stereocenters. The normalized spacial score (nSPS) is 10.0. The second-order valence-corrected chi connectivity index (χ2v) is 5.52. The number of carbonyl (C=O) groups is 2. The number of rotatable bonds is 13. The van der Waals surface area contributed by atoms with Gasteiger partial charge in [0.1, 0.15) is 0 Å². The third kappa shape index (κ3) is 16.1. The van der Waals surface area contributed by atoms with Crippen LogP contribution in [-0.2, 0) is 9.59 Å². The molecule has 0 N–H and O–H groups in total. The van der Waals surface area contributed by atoms with E-state index in [1.165, 1.54) is 49.8 Å². The molecule has 4 nitrogen and oxygen atoms in total. The third-order valence-electron chi connectivity index (χ3n) is 3.57. The summed E-state index contributed by atoms with van der Waals surface area (Å²) < 4.78 is 0. The molecule has 118 valence electrons. The Kier molecular flexibility index (Phi) is 18.0. The van der Waals surface area contributed by atoms with E-state index in [2.05, 4.69) is 6.92 Å². The van der Waals surface area contributed by atoms with Crippen molar-refractivity contribution in [2.45, 2.75) is 77.6 Å². The van der Waals surface area contributed by atoms with Crippen LogP contribution in [0.2, 0.25) is 0 Å². The van der Waals surface area contributed by atoms with E-state index in [0.717, 1.165) is 12.8 Å². The molecule has 0 spiro atoms. The Labute approximate surface area is 152 Å². The number of amides is 1. The van der Waals surface area contributed by atoms with Crippen molar-refractivity contribution in [3.63, 3.8) is 0 Å². The number of unbranched alkanes of at least 4 members (excludes halogenated alkanes) is 8. The van der Waals surface area contributed by atoms with E-state index in [-0.39, 0.29) is 48.4 Å². The van der Waals surface area contributed by atoms with Gasteiger partial charge in [-0.1, -0.05) is 58.3 Å². The van der Waals surface area contributed by atoms with E-state index in [1.807, 2.05) is 0 Å². The van der Waals surface area contributed by atoms with Gasteiger partial charge in [0.2, 0.25) is 5.91 Å². The second kappa shape index (κ2) is 16.3. The van der Waals surface area contributed by atoms with Crippen LogP contribution < -0.4 is 34.7 Å². The molecule has 0 aromatic rings. The third-order valence-corrected chi connectivity index (χ3v) is 3.57. The van der Waals surface area contributed by atoms with Crippen LogP contribution in [0.1, 0.15) is 77.6 Å². The average molecular weight is 307 g/mol. The van der Waals surface area contributed by atoms with Gasteiger partial charge in [-0.05, 0) is 6.42 Å². The predicted octanol–water partition coefficient (Wildman–Crippen LogP) is -0.490. The Balaban J connectivity index is 0. The van der Waals surface area contributed by atoms with Gasteiger partial charge in [0.15, 0.2) is 0 Å². The fourth-order valence-corrected chi connectivity index (χ4v) is 2.16. The smallest absolute Gasteiger partial charge is 0.550 e. The van der Waals surface area contributed by atoms with Gasteiger partial charge in [0.05, 0.1) is 0 Å². The zero-order valence-electron chi connectivity index (χ0n) is 14.2. The summed E-state index contributed by atoms with van der Waals surface area (Å²) in [4.78, 5) is 23.5. The molecule has 0 saturated carbocycles. The van der Waals surface area contributed by atoms with Gasteiger partial charge in [0.25, 0.3) is 0 Å². The minimum absolute atomic E-state index is 0. The first-order valence-electron chi connectivity index (χ1n) is 8.01. The number of carboxylic acid groups (broad SMARTS) is 1. The molecule has 0 fully saturated rings. The molecule has 0 radical (unpaired) electrons. The van der Waals surface area contributed by atoms with Gasteiger partial charge >= 0.3 is 29.6 Å². The summed E-state index contributed by atoms with van der Waals surface area (Å²) in [5.74, 6) is -1.07. The minimum atomic E-state index is -1.10. The summed E-state index contributed by atoms with van der Waals surface area (Å²) in [5, 5.41) is 10.3. The van der Waals surface area contributed by atoms with Gasteiger partial charge in [-0.25, -0.2) is 0 Å². The summed E-state index contributed by atoms with van der Waals surface area (Å²) in [6, 6.07) is 0. The Morgan fingerprint density at radius 3 is 1.81 bits per heavy atom. The summed E-state index contributed by atoms with van der Waals surface area (Å²) in [5.41, 5.74) is 0. The largest absolute Gasteiger partial charge is 1.00 e. The van der Waals surface area contributed by atoms with Crippen molar-refractivity contribution in [3.05, 3.63) is 0 Å². The SMILES string of the molecule is CCCCCCCCCCCC(=O)N(C)CCC(=O)[O-].[Na+]. The topological polar surface area (TPSA) is 60.4 Å². The van der Waals surface area contributed by atoms with Crippen LogP contribution in [0, 0.1) is 0 Å². The number of aliphatic carboxylic acids is 1. The quantitative estimate of drug-likeness (QED) is 0.341. The van der Waals surface area contributed by atoms with Gasteiger partial charge < -0.3 is 14.8 Å². The maximum absolute atomic E-state index is 11.7. The molecule has 0 bridgehead atoms. The number of hydrogen-bond donors (Lipinski definition) is 0. The maximum Gasteiger partial charge on any atom is 1.00 e. The molecule has 0 aliphatic heterocycles. The van der Waals surface area contributed by atoms with Gasteiger partial charge in [-0.3, -0.25) is 4.79 Å². The van der Waals surface area contributed by atoms with E-state index in [4.69, 9.17) is 0 Å². The van der Waals surface area contributed by atoms with Crippen molar-refractivity contribution < 1.29 is 44.3 Å². The molecule has 0 unspecified atom stereocenters. The molecular formula is C16H30NNaO3. The fourth-order valence-electron chi connectivity index (χ4n) is 2.16. The first-order chi connectivity index (χ1) is 9.57. The van der Waals surface area contributed by atoms with E-state index in [1.54, 1.807) is 7.05 Å². The summed E-state index contributed by atoms with van der Waals surface area (Å²) >= 11 is 0. The molecule has 0 saturated heterocycles. The van der Waals surface area contributed by atoms with Crippen molar-refractivity contribution >= 4 is 11.9 Å². The number of carboxylic acids is 1. The van der Waals surface area contributed by atoms with Gasteiger partial charge in [0, 0.05) is 32.4 Å². The van der Waals surface area contributed by atoms with Crippen LogP contribution in [0.5, 0.6) is 0 Å². The number of hydrogen-bond acceptors (Lipinski definition) is 3. The molecular weight excluding hydrogens is 277 g/mol. The fraction of sp³-hybridized carbons (Fsp3) is 0.875. The summed E-state index contributed by atoms with van der Waals surface area (Å²) in [6.07, 6.45) is 11.5. The maximum atomic E-state index is 11.7. The molecule has 0 aromatic carbocycles. The summed E-state index contributed by atoms with van der Waals surface area (Å²) in [6.45, 7) is 2.47. The molecule has 1 amide bonds. The van der Waals surface area contributed by atoms with Crippen molar-refractivity contribution in [2.75, 3.05) is 13.6 Å².